The van der Waals surface area contributed by atoms with E-state index in [9.17, 15) is 4.79 Å². The molecule has 3 nitrogen and oxygen atoms in total. The van der Waals surface area contributed by atoms with Crippen molar-refractivity contribution in [1.82, 2.24) is 0 Å². The molecule has 0 radical (unpaired) electrons. The zero-order valence-corrected chi connectivity index (χ0v) is 20.0. The van der Waals surface area contributed by atoms with Crippen LogP contribution in [0.2, 0.25) is 0 Å². The highest BCUT2D eigenvalue weighted by Crippen LogP contribution is 2.42. The number of hydrogen-bond acceptors (Lipinski definition) is 3. The maximum Gasteiger partial charge on any atom is 0.314 e. The van der Waals surface area contributed by atoms with Crippen LogP contribution in [0.4, 0.5) is 0 Å². The Morgan fingerprint density at radius 2 is 1.35 bits per heavy atom. The van der Waals surface area contributed by atoms with Crippen molar-refractivity contribution in [3.8, 4) is 11.5 Å². The molecule has 0 saturated heterocycles. The molecule has 0 aliphatic heterocycles. The van der Waals surface area contributed by atoms with E-state index in [1.807, 2.05) is 24.3 Å². The summed E-state index contributed by atoms with van der Waals surface area (Å²) in [6, 6.07) is 7.50. The number of benzene rings is 1. The quantitative estimate of drug-likeness (QED) is 0.204. The van der Waals surface area contributed by atoms with Crippen LogP contribution in [-0.4, -0.2) is 12.6 Å². The van der Waals surface area contributed by atoms with Crippen LogP contribution in [0.5, 0.6) is 11.5 Å². The summed E-state index contributed by atoms with van der Waals surface area (Å²) in [6.45, 7) is 5.18. The first-order chi connectivity index (χ1) is 15.2. The molecule has 0 heterocycles. The van der Waals surface area contributed by atoms with E-state index in [0.29, 0.717) is 5.75 Å². The first-order valence-corrected chi connectivity index (χ1v) is 13.1. The van der Waals surface area contributed by atoms with E-state index in [4.69, 9.17) is 9.47 Å². The van der Waals surface area contributed by atoms with E-state index in [1.165, 1.54) is 64.2 Å². The van der Waals surface area contributed by atoms with E-state index >= 15 is 0 Å². The van der Waals surface area contributed by atoms with Gasteiger partial charge in [-0.3, -0.25) is 4.79 Å². The number of esters is 1. The lowest BCUT2D eigenvalue weighted by atomic mass is 9.68. The first kappa shape index (κ1) is 24.1. The smallest absolute Gasteiger partial charge is 0.314 e. The lowest BCUT2D eigenvalue weighted by molar-refractivity contribution is -0.140. The molecule has 0 atom stereocenters. The minimum Gasteiger partial charge on any atom is -0.494 e. The van der Waals surface area contributed by atoms with Gasteiger partial charge in [0.05, 0.1) is 12.5 Å². The van der Waals surface area contributed by atoms with Gasteiger partial charge in [-0.1, -0.05) is 58.8 Å². The van der Waals surface area contributed by atoms with Gasteiger partial charge in [0.25, 0.3) is 0 Å². The van der Waals surface area contributed by atoms with Crippen LogP contribution >= 0.6 is 0 Å². The summed E-state index contributed by atoms with van der Waals surface area (Å²) in [6.07, 6.45) is 17.9. The van der Waals surface area contributed by atoms with Gasteiger partial charge < -0.3 is 9.47 Å². The number of ether oxygens (including phenoxy) is 2. The zero-order valence-electron chi connectivity index (χ0n) is 20.0. The third kappa shape index (κ3) is 7.84. The molecule has 3 heteroatoms. The van der Waals surface area contributed by atoms with Crippen LogP contribution in [-0.2, 0) is 4.79 Å². The molecule has 3 rings (SSSR count). The Balaban J connectivity index is 1.35. The fourth-order valence-electron chi connectivity index (χ4n) is 5.60. The summed E-state index contributed by atoms with van der Waals surface area (Å²) < 4.78 is 11.4. The molecule has 2 fully saturated rings. The Morgan fingerprint density at radius 1 is 0.774 bits per heavy atom. The molecule has 174 valence electrons. The van der Waals surface area contributed by atoms with Crippen LogP contribution in [0.25, 0.3) is 0 Å². The van der Waals surface area contributed by atoms with Crippen molar-refractivity contribution in [1.29, 1.82) is 0 Å². The van der Waals surface area contributed by atoms with Crippen molar-refractivity contribution in [3.05, 3.63) is 24.3 Å². The molecule has 1 aromatic carbocycles. The minimum atomic E-state index is -0.0438. The molecule has 31 heavy (non-hydrogen) atoms. The van der Waals surface area contributed by atoms with Crippen LogP contribution in [0, 0.1) is 23.7 Å². The molecule has 1 aromatic rings. The second-order valence-electron chi connectivity index (χ2n) is 9.98. The molecule has 0 unspecified atom stereocenters. The third-order valence-corrected chi connectivity index (χ3v) is 7.69. The van der Waals surface area contributed by atoms with Gasteiger partial charge in [0.15, 0.2) is 0 Å². The summed E-state index contributed by atoms with van der Waals surface area (Å²) >= 11 is 0. The second-order valence-corrected chi connectivity index (χ2v) is 9.98. The Labute approximate surface area is 190 Å². The monoisotopic (exact) mass is 428 g/mol. The van der Waals surface area contributed by atoms with E-state index in [-0.39, 0.29) is 11.9 Å². The minimum absolute atomic E-state index is 0.0438. The standard InChI is InChI=1S/C28H44O3/c1-3-5-7-8-22-9-11-23(12-10-22)24-13-15-25(16-14-24)28(29)31-27-19-17-26(18-20-27)30-21-6-4-2/h17-20,22-25H,3-16,21H2,1-2H3. The summed E-state index contributed by atoms with van der Waals surface area (Å²) in [5, 5.41) is 0. The average Bonchev–Trinajstić information content (AvgIpc) is 2.81. The van der Waals surface area contributed by atoms with Crippen molar-refractivity contribution in [2.24, 2.45) is 23.7 Å². The van der Waals surface area contributed by atoms with Gasteiger partial charge in [-0.25, -0.2) is 0 Å². The van der Waals surface area contributed by atoms with Crippen molar-refractivity contribution < 1.29 is 14.3 Å². The molecular formula is C28H44O3. The zero-order chi connectivity index (χ0) is 21.9. The summed E-state index contributed by atoms with van der Waals surface area (Å²) in [7, 11) is 0. The molecule has 2 aliphatic rings. The lowest BCUT2D eigenvalue weighted by Crippen LogP contribution is -2.30. The summed E-state index contributed by atoms with van der Waals surface area (Å²) in [5.41, 5.74) is 0. The van der Waals surface area contributed by atoms with Crippen LogP contribution in [0.15, 0.2) is 24.3 Å². The fraction of sp³-hybridized carbons (Fsp3) is 0.750. The van der Waals surface area contributed by atoms with Crippen LogP contribution in [0.3, 0.4) is 0 Å². The van der Waals surface area contributed by atoms with Crippen molar-refractivity contribution in [2.45, 2.75) is 104 Å². The maximum atomic E-state index is 12.7. The Morgan fingerprint density at radius 3 is 1.97 bits per heavy atom. The predicted octanol–water partition coefficient (Wildman–Crippen LogP) is 7.96. The highest BCUT2D eigenvalue weighted by atomic mass is 16.5. The molecule has 0 N–H and O–H groups in total. The van der Waals surface area contributed by atoms with Gasteiger partial charge in [-0.05, 0) is 87.0 Å². The average molecular weight is 429 g/mol. The topological polar surface area (TPSA) is 35.5 Å². The SMILES string of the molecule is CCCCCC1CCC(C2CCC(C(=O)Oc3ccc(OCCCC)cc3)CC2)CC1. The number of hydrogen-bond donors (Lipinski definition) is 0. The summed E-state index contributed by atoms with van der Waals surface area (Å²) in [5.74, 6) is 4.22. The Bertz CT molecular complexity index is 622. The van der Waals surface area contributed by atoms with Crippen molar-refractivity contribution in [3.63, 3.8) is 0 Å². The number of unbranched alkanes of at least 4 members (excludes halogenated alkanes) is 3. The van der Waals surface area contributed by atoms with E-state index in [2.05, 4.69) is 13.8 Å². The third-order valence-electron chi connectivity index (χ3n) is 7.69. The van der Waals surface area contributed by atoms with Gasteiger partial charge in [0.1, 0.15) is 11.5 Å². The molecule has 0 amide bonds. The molecule has 0 spiro atoms. The van der Waals surface area contributed by atoms with Gasteiger partial charge in [0, 0.05) is 0 Å². The molecule has 2 aliphatic carbocycles. The molecule has 0 bridgehead atoms. The Hall–Kier alpha value is -1.51. The van der Waals surface area contributed by atoms with Crippen molar-refractivity contribution >= 4 is 5.97 Å². The van der Waals surface area contributed by atoms with E-state index < -0.39 is 0 Å². The largest absolute Gasteiger partial charge is 0.494 e. The number of carbonyl (C=O) groups is 1. The normalized spacial score (nSPS) is 26.4. The van der Waals surface area contributed by atoms with Gasteiger partial charge in [0.2, 0.25) is 0 Å². The maximum absolute atomic E-state index is 12.7. The predicted molar refractivity (Wildman–Crippen MR) is 128 cm³/mol. The fourth-order valence-corrected chi connectivity index (χ4v) is 5.60. The van der Waals surface area contributed by atoms with E-state index in [0.717, 1.165) is 55.8 Å². The van der Waals surface area contributed by atoms with Crippen LogP contribution in [0.1, 0.15) is 104 Å². The van der Waals surface area contributed by atoms with Gasteiger partial charge >= 0.3 is 5.97 Å². The van der Waals surface area contributed by atoms with Gasteiger partial charge in [-0.2, -0.15) is 0 Å². The first-order valence-electron chi connectivity index (χ1n) is 13.1. The lowest BCUT2D eigenvalue weighted by Gasteiger charge is -2.37. The molecule has 0 aromatic heterocycles. The number of rotatable bonds is 11. The van der Waals surface area contributed by atoms with Crippen molar-refractivity contribution in [2.75, 3.05) is 6.61 Å². The summed E-state index contributed by atoms with van der Waals surface area (Å²) in [4.78, 5) is 12.7. The molecule has 2 saturated carbocycles. The molecular weight excluding hydrogens is 384 g/mol. The van der Waals surface area contributed by atoms with Crippen LogP contribution < -0.4 is 9.47 Å². The van der Waals surface area contributed by atoms with E-state index in [1.54, 1.807) is 0 Å². The van der Waals surface area contributed by atoms with Gasteiger partial charge in [-0.15, -0.1) is 0 Å². The number of carbonyl (C=O) groups excluding carboxylic acids is 1. The highest BCUT2D eigenvalue weighted by molar-refractivity contribution is 5.75. The Kier molecular flexibility index (Phi) is 10.2. The second kappa shape index (κ2) is 13.1. The highest BCUT2D eigenvalue weighted by Gasteiger charge is 2.33.